The van der Waals surface area contributed by atoms with Crippen LogP contribution in [0, 0.1) is 6.92 Å². The molecule has 29 heavy (non-hydrogen) atoms. The number of nitrogens with one attached hydrogen (secondary N) is 3. The number of halogens is 1. The minimum atomic E-state index is -0.271. The zero-order valence-electron chi connectivity index (χ0n) is 16.2. The third-order valence-corrected chi connectivity index (χ3v) is 5.01. The van der Waals surface area contributed by atoms with Gasteiger partial charge in [0.1, 0.15) is 11.4 Å². The number of carbonyl (C=O) groups excluding carboxylic acids is 1. The average Bonchev–Trinajstić information content (AvgIpc) is 3.06. The molecule has 1 aromatic heterocycles. The van der Waals surface area contributed by atoms with E-state index in [0.29, 0.717) is 22.1 Å². The number of hydrazine groups is 1. The molecule has 0 saturated carbocycles. The molecule has 2 aromatic carbocycles. The molecule has 4 rings (SSSR count). The van der Waals surface area contributed by atoms with E-state index in [9.17, 15) is 4.79 Å². The lowest BCUT2D eigenvalue weighted by Crippen LogP contribution is -2.36. The van der Waals surface area contributed by atoms with Gasteiger partial charge in [0.25, 0.3) is 5.91 Å². The quantitative estimate of drug-likeness (QED) is 0.599. The van der Waals surface area contributed by atoms with Crippen LogP contribution < -0.4 is 20.9 Å². The van der Waals surface area contributed by atoms with Gasteiger partial charge in [-0.1, -0.05) is 23.7 Å². The summed E-state index contributed by atoms with van der Waals surface area (Å²) in [6, 6.07) is 14.7. The summed E-state index contributed by atoms with van der Waals surface area (Å²) in [7, 11) is 1.60. The number of hydrogen-bond acceptors (Lipinski definition) is 5. The summed E-state index contributed by atoms with van der Waals surface area (Å²) in [4.78, 5) is 12.8. The molecule has 1 aliphatic heterocycles. The standard InChI is InChI=1S/C21H20ClN5O2/c1-12-18(14-4-6-15(22)7-5-14)20-25-24-19(13(2)27(20)26-12)21(28)23-16-8-10-17(29-3)11-9-16/h4-11,24-25H,1-3H3,(H,23,28). The highest BCUT2D eigenvalue weighted by molar-refractivity contribution is 6.30. The third kappa shape index (κ3) is 3.52. The minimum Gasteiger partial charge on any atom is -0.497 e. The number of aromatic nitrogens is 2. The van der Waals surface area contributed by atoms with E-state index >= 15 is 0 Å². The second-order valence-electron chi connectivity index (χ2n) is 6.62. The van der Waals surface area contributed by atoms with Crippen LogP contribution in [-0.2, 0) is 4.79 Å². The van der Waals surface area contributed by atoms with E-state index < -0.39 is 0 Å². The van der Waals surface area contributed by atoms with Crippen molar-refractivity contribution in [2.75, 3.05) is 17.9 Å². The topological polar surface area (TPSA) is 80.2 Å². The molecular weight excluding hydrogens is 390 g/mol. The van der Waals surface area contributed by atoms with Gasteiger partial charge in [0.15, 0.2) is 5.82 Å². The Labute approximate surface area is 173 Å². The van der Waals surface area contributed by atoms with Crippen LogP contribution in [0.1, 0.15) is 12.6 Å². The summed E-state index contributed by atoms with van der Waals surface area (Å²) in [5.74, 6) is 1.22. The molecule has 0 saturated heterocycles. The SMILES string of the molecule is COc1ccc(NC(=O)C2=C(C)n3nc(C)c(-c4ccc(Cl)cc4)c3NN2)cc1. The van der Waals surface area contributed by atoms with Crippen molar-refractivity contribution in [2.45, 2.75) is 13.8 Å². The number of methoxy groups -OCH3 is 1. The number of amides is 1. The Balaban J connectivity index is 1.64. The Kier molecular flexibility index (Phi) is 4.90. The van der Waals surface area contributed by atoms with Crippen molar-refractivity contribution in [3.8, 4) is 16.9 Å². The number of carbonyl (C=O) groups is 1. The highest BCUT2D eigenvalue weighted by Gasteiger charge is 2.26. The first kappa shape index (κ1) is 18.9. The average molecular weight is 410 g/mol. The van der Waals surface area contributed by atoms with Gasteiger partial charge in [0, 0.05) is 16.3 Å². The smallest absolute Gasteiger partial charge is 0.275 e. The van der Waals surface area contributed by atoms with Crippen LogP contribution >= 0.6 is 11.6 Å². The van der Waals surface area contributed by atoms with Crippen molar-refractivity contribution in [2.24, 2.45) is 0 Å². The zero-order chi connectivity index (χ0) is 20.5. The van der Waals surface area contributed by atoms with E-state index in [4.69, 9.17) is 16.3 Å². The predicted octanol–water partition coefficient (Wildman–Crippen LogP) is 4.28. The number of nitrogens with zero attached hydrogens (tertiary/aromatic N) is 2. The number of rotatable bonds is 4. The van der Waals surface area contributed by atoms with Crippen molar-refractivity contribution < 1.29 is 9.53 Å². The first-order valence-corrected chi connectivity index (χ1v) is 9.40. The minimum absolute atomic E-state index is 0.271. The van der Waals surface area contributed by atoms with E-state index in [2.05, 4.69) is 21.3 Å². The van der Waals surface area contributed by atoms with E-state index in [1.807, 2.05) is 38.1 Å². The largest absolute Gasteiger partial charge is 0.497 e. The summed E-state index contributed by atoms with van der Waals surface area (Å²) in [5.41, 5.74) is 10.6. The maximum absolute atomic E-state index is 12.8. The molecule has 3 aromatic rings. The zero-order valence-corrected chi connectivity index (χ0v) is 17.0. The fraction of sp³-hybridized carbons (Fsp3) is 0.143. The molecule has 0 spiro atoms. The molecule has 0 fully saturated rings. The summed E-state index contributed by atoms with van der Waals surface area (Å²) in [6.07, 6.45) is 0. The van der Waals surface area contributed by atoms with Crippen molar-refractivity contribution in [1.29, 1.82) is 0 Å². The molecule has 0 bridgehead atoms. The maximum Gasteiger partial charge on any atom is 0.275 e. The fourth-order valence-corrected chi connectivity index (χ4v) is 3.38. The lowest BCUT2D eigenvalue weighted by atomic mass is 10.1. The lowest BCUT2D eigenvalue weighted by molar-refractivity contribution is -0.113. The van der Waals surface area contributed by atoms with Gasteiger partial charge in [-0.15, -0.1) is 0 Å². The van der Waals surface area contributed by atoms with Crippen LogP contribution in [-0.4, -0.2) is 22.8 Å². The van der Waals surface area contributed by atoms with Gasteiger partial charge >= 0.3 is 0 Å². The van der Waals surface area contributed by atoms with Crippen LogP contribution in [0.2, 0.25) is 5.02 Å². The lowest BCUT2D eigenvalue weighted by Gasteiger charge is -2.23. The van der Waals surface area contributed by atoms with E-state index in [0.717, 1.165) is 28.4 Å². The molecule has 8 heteroatoms. The van der Waals surface area contributed by atoms with E-state index in [-0.39, 0.29) is 5.91 Å². The number of allylic oxidation sites excluding steroid dienone is 1. The van der Waals surface area contributed by atoms with Crippen molar-refractivity contribution in [1.82, 2.24) is 15.2 Å². The van der Waals surface area contributed by atoms with Gasteiger partial charge in [0.05, 0.1) is 18.5 Å². The molecule has 0 unspecified atom stereocenters. The Morgan fingerprint density at radius 3 is 2.41 bits per heavy atom. The van der Waals surface area contributed by atoms with Gasteiger partial charge in [0.2, 0.25) is 0 Å². The van der Waals surface area contributed by atoms with Crippen molar-refractivity contribution in [3.05, 3.63) is 64.9 Å². The number of benzene rings is 2. The number of fused-ring (bicyclic) bond motifs is 1. The monoisotopic (exact) mass is 409 g/mol. The third-order valence-electron chi connectivity index (χ3n) is 4.75. The van der Waals surface area contributed by atoms with Crippen molar-refractivity contribution >= 4 is 34.7 Å². The van der Waals surface area contributed by atoms with Crippen molar-refractivity contribution in [3.63, 3.8) is 0 Å². The molecular formula is C21H20ClN5O2. The van der Waals surface area contributed by atoms with Crippen LogP contribution in [0.3, 0.4) is 0 Å². The maximum atomic E-state index is 12.8. The highest BCUT2D eigenvalue weighted by Crippen LogP contribution is 2.35. The van der Waals surface area contributed by atoms with E-state index in [1.165, 1.54) is 0 Å². The molecule has 0 atom stereocenters. The molecule has 0 radical (unpaired) electrons. The Bertz CT molecular complexity index is 1100. The molecule has 3 N–H and O–H groups in total. The summed E-state index contributed by atoms with van der Waals surface area (Å²) in [6.45, 7) is 3.78. The van der Waals surface area contributed by atoms with E-state index in [1.54, 1.807) is 36.1 Å². The van der Waals surface area contributed by atoms with Gasteiger partial charge in [-0.3, -0.25) is 15.6 Å². The van der Waals surface area contributed by atoms with Crippen LogP contribution in [0.4, 0.5) is 11.5 Å². The first-order chi connectivity index (χ1) is 14.0. The fourth-order valence-electron chi connectivity index (χ4n) is 3.25. The van der Waals surface area contributed by atoms with Gasteiger partial charge in [-0.2, -0.15) is 5.10 Å². The molecule has 2 heterocycles. The molecule has 1 aliphatic rings. The van der Waals surface area contributed by atoms with Crippen LogP contribution in [0.25, 0.3) is 16.8 Å². The number of anilines is 2. The summed E-state index contributed by atoms with van der Waals surface area (Å²) >= 11 is 6.01. The second kappa shape index (κ2) is 7.52. The molecule has 1 amide bonds. The van der Waals surface area contributed by atoms with Gasteiger partial charge in [-0.25, -0.2) is 4.68 Å². The molecule has 148 valence electrons. The normalized spacial score (nSPS) is 12.7. The number of ether oxygens (including phenoxy) is 1. The number of aryl methyl sites for hydroxylation is 1. The summed E-state index contributed by atoms with van der Waals surface area (Å²) < 4.78 is 6.87. The first-order valence-electron chi connectivity index (χ1n) is 9.02. The highest BCUT2D eigenvalue weighted by atomic mass is 35.5. The second-order valence-corrected chi connectivity index (χ2v) is 7.06. The predicted molar refractivity (Wildman–Crippen MR) is 115 cm³/mol. The Morgan fingerprint density at radius 1 is 1.07 bits per heavy atom. The number of hydrogen-bond donors (Lipinski definition) is 3. The van der Waals surface area contributed by atoms with Crippen LogP contribution in [0.5, 0.6) is 5.75 Å². The molecule has 0 aliphatic carbocycles. The van der Waals surface area contributed by atoms with Gasteiger partial charge < -0.3 is 10.1 Å². The Hall–Kier alpha value is -3.45. The summed E-state index contributed by atoms with van der Waals surface area (Å²) in [5, 5.41) is 8.17. The Morgan fingerprint density at radius 2 is 1.76 bits per heavy atom. The molecule has 7 nitrogen and oxygen atoms in total. The van der Waals surface area contributed by atoms with Gasteiger partial charge in [-0.05, 0) is 55.8 Å². The van der Waals surface area contributed by atoms with Crippen LogP contribution in [0.15, 0.2) is 54.2 Å².